The van der Waals surface area contributed by atoms with Gasteiger partial charge in [-0.3, -0.25) is 9.89 Å². The number of aliphatic imine (C=N–C) groups is 1. The molecule has 1 aliphatic heterocycles. The minimum Gasteiger partial charge on any atom is -0.379 e. The van der Waals surface area contributed by atoms with E-state index in [1.165, 1.54) is 9.88 Å². The van der Waals surface area contributed by atoms with Gasteiger partial charge in [-0.15, -0.1) is 11.3 Å². The molecule has 0 aromatic carbocycles. The quantitative estimate of drug-likeness (QED) is 0.422. The number of guanidine groups is 1. The van der Waals surface area contributed by atoms with Crippen molar-refractivity contribution in [3.63, 3.8) is 0 Å². The third kappa shape index (κ3) is 6.75. The van der Waals surface area contributed by atoms with Crippen molar-refractivity contribution in [3.05, 3.63) is 15.6 Å². The molecule has 1 aromatic heterocycles. The van der Waals surface area contributed by atoms with E-state index in [-0.39, 0.29) is 0 Å². The molecule has 0 spiro atoms. The van der Waals surface area contributed by atoms with E-state index in [0.29, 0.717) is 0 Å². The zero-order chi connectivity index (χ0) is 17.2. The van der Waals surface area contributed by atoms with Crippen LogP contribution < -0.4 is 10.6 Å². The van der Waals surface area contributed by atoms with Gasteiger partial charge in [0.1, 0.15) is 0 Å². The van der Waals surface area contributed by atoms with Crippen molar-refractivity contribution in [2.24, 2.45) is 4.99 Å². The first-order chi connectivity index (χ1) is 11.7. The third-order valence-corrected chi connectivity index (χ3v) is 5.19. The molecule has 1 aliphatic rings. The minimum absolute atomic E-state index is 0.849. The van der Waals surface area contributed by atoms with Crippen LogP contribution in [0.15, 0.2) is 4.99 Å². The predicted molar refractivity (Wildman–Crippen MR) is 101 cm³/mol. The number of thiazole rings is 1. The van der Waals surface area contributed by atoms with Gasteiger partial charge in [0.15, 0.2) is 5.96 Å². The molecule has 7 heteroatoms. The van der Waals surface area contributed by atoms with Gasteiger partial charge in [0.2, 0.25) is 0 Å². The van der Waals surface area contributed by atoms with Gasteiger partial charge in [-0.25, -0.2) is 4.98 Å². The molecule has 136 valence electrons. The van der Waals surface area contributed by atoms with Crippen molar-refractivity contribution >= 4 is 17.3 Å². The maximum absolute atomic E-state index is 5.37. The van der Waals surface area contributed by atoms with Crippen molar-refractivity contribution in [2.45, 2.75) is 33.6 Å². The number of hydrogen-bond donors (Lipinski definition) is 2. The second kappa shape index (κ2) is 10.6. The fourth-order valence-corrected chi connectivity index (χ4v) is 3.52. The van der Waals surface area contributed by atoms with E-state index in [9.17, 15) is 0 Å². The van der Waals surface area contributed by atoms with Crippen LogP contribution in [0.3, 0.4) is 0 Å². The standard InChI is InChI=1S/C17H31N5OS/c1-4-18-17(19-7-5-9-22-10-12-23-13-11-22)20-8-6-16-21-14(2)15(3)24-16/h4-13H2,1-3H3,(H2,18,19,20). The average molecular weight is 354 g/mol. The smallest absolute Gasteiger partial charge is 0.191 e. The number of rotatable bonds is 8. The molecule has 0 saturated carbocycles. The van der Waals surface area contributed by atoms with Crippen molar-refractivity contribution < 1.29 is 4.74 Å². The number of nitrogens with one attached hydrogen (secondary N) is 2. The lowest BCUT2D eigenvalue weighted by atomic mass is 10.3. The molecule has 0 atom stereocenters. The second-order valence-corrected chi connectivity index (χ2v) is 7.28. The third-order valence-electron chi connectivity index (χ3n) is 4.05. The van der Waals surface area contributed by atoms with Crippen LogP contribution in [0, 0.1) is 13.8 Å². The lowest BCUT2D eigenvalue weighted by Crippen LogP contribution is -2.39. The Morgan fingerprint density at radius 1 is 1.29 bits per heavy atom. The van der Waals surface area contributed by atoms with Crippen LogP contribution in [0.25, 0.3) is 0 Å². The Morgan fingerprint density at radius 2 is 2.08 bits per heavy atom. The van der Waals surface area contributed by atoms with Crippen molar-refractivity contribution in [1.82, 2.24) is 20.5 Å². The molecule has 0 unspecified atom stereocenters. The predicted octanol–water partition coefficient (Wildman–Crippen LogP) is 1.58. The molecule has 2 rings (SSSR count). The Hall–Kier alpha value is -1.18. The molecule has 0 radical (unpaired) electrons. The Kier molecular flexibility index (Phi) is 8.49. The summed E-state index contributed by atoms with van der Waals surface area (Å²) in [6.45, 7) is 13.8. The first-order valence-corrected chi connectivity index (χ1v) is 9.76. The molecular weight excluding hydrogens is 322 g/mol. The van der Waals surface area contributed by atoms with Gasteiger partial charge < -0.3 is 15.4 Å². The van der Waals surface area contributed by atoms with Crippen LogP contribution >= 0.6 is 11.3 Å². The van der Waals surface area contributed by atoms with Crippen molar-refractivity contribution in [2.75, 3.05) is 52.5 Å². The Labute approximate surface area is 149 Å². The fourth-order valence-electron chi connectivity index (χ4n) is 2.59. The van der Waals surface area contributed by atoms with Crippen LogP contribution in [-0.4, -0.2) is 68.3 Å². The Balaban J connectivity index is 1.67. The molecule has 24 heavy (non-hydrogen) atoms. The summed E-state index contributed by atoms with van der Waals surface area (Å²) in [6.07, 6.45) is 2.03. The second-order valence-electron chi connectivity index (χ2n) is 5.99. The molecule has 1 fully saturated rings. The van der Waals surface area contributed by atoms with Gasteiger partial charge in [0.25, 0.3) is 0 Å². The van der Waals surface area contributed by atoms with E-state index in [2.05, 4.69) is 46.3 Å². The summed E-state index contributed by atoms with van der Waals surface area (Å²) in [7, 11) is 0. The SMILES string of the molecule is CCNC(=NCCCN1CCOCC1)NCCc1nc(C)c(C)s1. The number of hydrogen-bond acceptors (Lipinski definition) is 5. The van der Waals surface area contributed by atoms with Gasteiger partial charge in [0, 0.05) is 50.6 Å². The number of aryl methyl sites for hydroxylation is 2. The lowest BCUT2D eigenvalue weighted by Gasteiger charge is -2.26. The van der Waals surface area contributed by atoms with Gasteiger partial charge in [-0.1, -0.05) is 0 Å². The molecule has 2 N–H and O–H groups in total. The van der Waals surface area contributed by atoms with E-state index >= 15 is 0 Å². The highest BCUT2D eigenvalue weighted by molar-refractivity contribution is 7.11. The summed E-state index contributed by atoms with van der Waals surface area (Å²) in [5.74, 6) is 0.907. The van der Waals surface area contributed by atoms with Crippen LogP contribution in [0.2, 0.25) is 0 Å². The van der Waals surface area contributed by atoms with Crippen LogP contribution in [0.1, 0.15) is 28.9 Å². The van der Waals surface area contributed by atoms with E-state index < -0.39 is 0 Å². The summed E-state index contributed by atoms with van der Waals surface area (Å²) < 4.78 is 5.37. The first-order valence-electron chi connectivity index (χ1n) is 8.94. The monoisotopic (exact) mass is 353 g/mol. The van der Waals surface area contributed by atoms with Gasteiger partial charge in [-0.2, -0.15) is 0 Å². The average Bonchev–Trinajstić information content (AvgIpc) is 2.90. The van der Waals surface area contributed by atoms with E-state index in [1.807, 2.05) is 0 Å². The molecule has 1 saturated heterocycles. The van der Waals surface area contributed by atoms with Crippen molar-refractivity contribution in [1.29, 1.82) is 0 Å². The number of ether oxygens (including phenoxy) is 1. The zero-order valence-corrected chi connectivity index (χ0v) is 16.0. The maximum Gasteiger partial charge on any atom is 0.191 e. The van der Waals surface area contributed by atoms with E-state index in [4.69, 9.17) is 4.74 Å². The zero-order valence-electron chi connectivity index (χ0n) is 15.2. The summed E-state index contributed by atoms with van der Waals surface area (Å²) in [5, 5.41) is 7.92. The van der Waals surface area contributed by atoms with Crippen LogP contribution in [-0.2, 0) is 11.2 Å². The largest absolute Gasteiger partial charge is 0.379 e. The summed E-state index contributed by atoms with van der Waals surface area (Å²) in [4.78, 5) is 13.0. The van der Waals surface area contributed by atoms with E-state index in [0.717, 1.165) is 77.0 Å². The van der Waals surface area contributed by atoms with Crippen LogP contribution in [0.4, 0.5) is 0 Å². The molecule has 2 heterocycles. The molecule has 6 nitrogen and oxygen atoms in total. The minimum atomic E-state index is 0.849. The first kappa shape index (κ1) is 19.1. The topological polar surface area (TPSA) is 61.8 Å². The molecule has 1 aromatic rings. The highest BCUT2D eigenvalue weighted by Gasteiger charge is 2.09. The number of nitrogens with zero attached hydrogens (tertiary/aromatic N) is 3. The molecular formula is C17H31N5OS. The number of morpholine rings is 1. The Bertz CT molecular complexity index is 492. The number of aromatic nitrogens is 1. The molecule has 0 aliphatic carbocycles. The van der Waals surface area contributed by atoms with Gasteiger partial charge in [-0.05, 0) is 27.2 Å². The molecule has 0 bridgehead atoms. The normalized spacial score (nSPS) is 16.4. The van der Waals surface area contributed by atoms with Crippen LogP contribution in [0.5, 0.6) is 0 Å². The van der Waals surface area contributed by atoms with E-state index in [1.54, 1.807) is 11.3 Å². The van der Waals surface area contributed by atoms with Gasteiger partial charge in [0.05, 0.1) is 23.9 Å². The highest BCUT2D eigenvalue weighted by Crippen LogP contribution is 2.16. The fraction of sp³-hybridized carbons (Fsp3) is 0.765. The summed E-state index contributed by atoms with van der Waals surface area (Å²) in [5.41, 5.74) is 1.15. The summed E-state index contributed by atoms with van der Waals surface area (Å²) in [6, 6.07) is 0. The Morgan fingerprint density at radius 3 is 2.75 bits per heavy atom. The van der Waals surface area contributed by atoms with Crippen molar-refractivity contribution in [3.8, 4) is 0 Å². The maximum atomic E-state index is 5.37. The lowest BCUT2D eigenvalue weighted by molar-refractivity contribution is 0.0377. The summed E-state index contributed by atoms with van der Waals surface area (Å²) >= 11 is 1.79. The van der Waals surface area contributed by atoms with Gasteiger partial charge >= 0.3 is 0 Å². The highest BCUT2D eigenvalue weighted by atomic mass is 32.1. The molecule has 0 amide bonds.